The molecule has 0 aliphatic heterocycles. The third-order valence-electron chi connectivity index (χ3n) is 4.01. The number of nitrogens with one attached hydrogen (secondary N) is 1. The second kappa shape index (κ2) is 10.1. The van der Waals surface area contributed by atoms with Crippen molar-refractivity contribution < 1.29 is 28.6 Å². The summed E-state index contributed by atoms with van der Waals surface area (Å²) in [5.41, 5.74) is 1.42. The van der Waals surface area contributed by atoms with Crippen LogP contribution in [0.2, 0.25) is 0 Å². The highest BCUT2D eigenvalue weighted by Gasteiger charge is 2.18. The van der Waals surface area contributed by atoms with E-state index in [1.54, 1.807) is 42.5 Å². The molecular weight excluding hydrogens is 374 g/mol. The monoisotopic (exact) mass is 397 g/mol. The number of carbonyl (C=O) groups is 3. The van der Waals surface area contributed by atoms with E-state index in [4.69, 9.17) is 14.2 Å². The maximum atomic E-state index is 12.3. The van der Waals surface area contributed by atoms with Crippen molar-refractivity contribution in [1.82, 2.24) is 0 Å². The summed E-state index contributed by atoms with van der Waals surface area (Å²) in [6.45, 7) is 2.86. The van der Waals surface area contributed by atoms with Gasteiger partial charge in [-0.25, -0.2) is 4.79 Å². The predicted molar refractivity (Wildman–Crippen MR) is 109 cm³/mol. The van der Waals surface area contributed by atoms with Gasteiger partial charge < -0.3 is 19.5 Å². The minimum Gasteiger partial charge on any atom is -0.497 e. The van der Waals surface area contributed by atoms with Gasteiger partial charge in [0.15, 0.2) is 11.9 Å². The first-order valence-electron chi connectivity index (χ1n) is 8.86. The number of esters is 1. The summed E-state index contributed by atoms with van der Waals surface area (Å²) in [5.74, 6) is -0.247. The minimum absolute atomic E-state index is 0.179. The van der Waals surface area contributed by atoms with Crippen LogP contribution in [-0.2, 0) is 14.3 Å². The number of benzene rings is 2. The van der Waals surface area contributed by atoms with Gasteiger partial charge in [0.1, 0.15) is 11.5 Å². The number of hydrogen-bond acceptors (Lipinski definition) is 6. The normalized spacial score (nSPS) is 11.6. The third kappa shape index (κ3) is 6.21. The van der Waals surface area contributed by atoms with Gasteiger partial charge in [-0.15, -0.1) is 0 Å². The Morgan fingerprint density at radius 2 is 1.62 bits per heavy atom. The molecule has 2 aromatic carbocycles. The van der Waals surface area contributed by atoms with E-state index in [1.165, 1.54) is 40.2 Å². The van der Waals surface area contributed by atoms with Crippen molar-refractivity contribution in [1.29, 1.82) is 0 Å². The highest BCUT2D eigenvalue weighted by atomic mass is 16.5. The van der Waals surface area contributed by atoms with Gasteiger partial charge in [-0.2, -0.15) is 0 Å². The molecule has 0 saturated carbocycles. The van der Waals surface area contributed by atoms with Crippen LogP contribution in [0.1, 0.15) is 29.8 Å². The molecule has 0 spiro atoms. The largest absolute Gasteiger partial charge is 0.497 e. The maximum absolute atomic E-state index is 12.3. The number of hydrogen-bond donors (Lipinski definition) is 1. The molecule has 0 radical (unpaired) electrons. The molecule has 7 heteroatoms. The van der Waals surface area contributed by atoms with Gasteiger partial charge in [0.05, 0.1) is 19.9 Å². The molecule has 0 saturated heterocycles. The number of ketones is 1. The molecule has 29 heavy (non-hydrogen) atoms. The number of methoxy groups -OCH3 is 2. The van der Waals surface area contributed by atoms with Crippen LogP contribution in [0.5, 0.6) is 11.5 Å². The zero-order chi connectivity index (χ0) is 21.4. The van der Waals surface area contributed by atoms with Gasteiger partial charge in [-0.1, -0.05) is 12.1 Å². The van der Waals surface area contributed by atoms with E-state index < -0.39 is 18.0 Å². The molecule has 152 valence electrons. The third-order valence-corrected chi connectivity index (χ3v) is 4.01. The summed E-state index contributed by atoms with van der Waals surface area (Å²) in [5, 5.41) is 2.61. The van der Waals surface area contributed by atoms with Crippen LogP contribution in [0.25, 0.3) is 6.08 Å². The van der Waals surface area contributed by atoms with E-state index in [2.05, 4.69) is 5.32 Å². The average molecular weight is 397 g/mol. The Morgan fingerprint density at radius 1 is 1.00 bits per heavy atom. The van der Waals surface area contributed by atoms with Crippen LogP contribution in [0.15, 0.2) is 48.5 Å². The Bertz CT molecular complexity index is 912. The molecule has 0 aliphatic rings. The maximum Gasteiger partial charge on any atom is 0.331 e. The summed E-state index contributed by atoms with van der Waals surface area (Å²) in [6, 6.07) is 11.8. The lowest BCUT2D eigenvalue weighted by Gasteiger charge is -2.14. The highest BCUT2D eigenvalue weighted by Crippen LogP contribution is 2.23. The number of rotatable bonds is 8. The first kappa shape index (κ1) is 21.7. The van der Waals surface area contributed by atoms with Gasteiger partial charge >= 0.3 is 5.97 Å². The molecule has 1 atom stereocenters. The van der Waals surface area contributed by atoms with Crippen LogP contribution >= 0.6 is 0 Å². The zero-order valence-electron chi connectivity index (χ0n) is 16.7. The highest BCUT2D eigenvalue weighted by molar-refractivity contribution is 6.05. The minimum atomic E-state index is -1.05. The Kier molecular flexibility index (Phi) is 7.54. The van der Waals surface area contributed by atoms with Crippen molar-refractivity contribution in [3.05, 3.63) is 59.7 Å². The first-order chi connectivity index (χ1) is 13.8. The van der Waals surface area contributed by atoms with Crippen molar-refractivity contribution in [3.63, 3.8) is 0 Å². The summed E-state index contributed by atoms with van der Waals surface area (Å²) in [6.07, 6.45) is 1.69. The lowest BCUT2D eigenvalue weighted by Crippen LogP contribution is -2.30. The van der Waals surface area contributed by atoms with Crippen molar-refractivity contribution >= 4 is 29.4 Å². The predicted octanol–water partition coefficient (Wildman–Crippen LogP) is 3.49. The molecule has 2 aromatic rings. The van der Waals surface area contributed by atoms with Crippen LogP contribution in [0.4, 0.5) is 5.69 Å². The molecule has 0 aliphatic carbocycles. The van der Waals surface area contributed by atoms with Crippen LogP contribution in [0, 0.1) is 0 Å². The average Bonchev–Trinajstić information content (AvgIpc) is 2.72. The summed E-state index contributed by atoms with van der Waals surface area (Å²) < 4.78 is 15.5. The molecule has 7 nitrogen and oxygen atoms in total. The Labute approximate surface area is 169 Å². The van der Waals surface area contributed by atoms with Crippen molar-refractivity contribution in [2.24, 2.45) is 0 Å². The molecule has 0 bridgehead atoms. The lowest BCUT2D eigenvalue weighted by molar-refractivity contribution is -0.148. The number of amides is 1. The second-order valence-electron chi connectivity index (χ2n) is 6.15. The molecule has 0 fully saturated rings. The summed E-state index contributed by atoms with van der Waals surface area (Å²) in [4.78, 5) is 36.0. The van der Waals surface area contributed by atoms with Gasteiger partial charge in [0.2, 0.25) is 0 Å². The molecule has 1 amide bonds. The topological polar surface area (TPSA) is 90.9 Å². The Hall–Kier alpha value is -3.61. The van der Waals surface area contributed by atoms with Gasteiger partial charge in [0.25, 0.3) is 5.91 Å². The molecule has 0 aromatic heterocycles. The Balaban J connectivity index is 2.01. The zero-order valence-corrected chi connectivity index (χ0v) is 16.7. The van der Waals surface area contributed by atoms with Crippen molar-refractivity contribution in [2.45, 2.75) is 20.0 Å². The summed E-state index contributed by atoms with van der Waals surface area (Å²) >= 11 is 0. The second-order valence-corrected chi connectivity index (χ2v) is 6.15. The number of anilines is 1. The van der Waals surface area contributed by atoms with Crippen molar-refractivity contribution in [2.75, 3.05) is 19.5 Å². The van der Waals surface area contributed by atoms with E-state index >= 15 is 0 Å². The molecule has 0 unspecified atom stereocenters. The first-order valence-corrected chi connectivity index (χ1v) is 8.86. The van der Waals surface area contributed by atoms with E-state index in [1.807, 2.05) is 0 Å². The molecular formula is C22H23NO6. The fourth-order valence-electron chi connectivity index (χ4n) is 2.49. The van der Waals surface area contributed by atoms with E-state index in [0.717, 1.165) is 0 Å². The van der Waals surface area contributed by atoms with Crippen molar-refractivity contribution in [3.8, 4) is 11.5 Å². The SMILES string of the molecule is COc1cc(/C=C/C(=O)O[C@H](C)C(=O)Nc2ccccc2C(C)=O)cc(OC)c1. The molecule has 0 heterocycles. The number of ether oxygens (including phenoxy) is 3. The fraction of sp³-hybridized carbons (Fsp3) is 0.227. The lowest BCUT2D eigenvalue weighted by atomic mass is 10.1. The number of carbonyl (C=O) groups excluding carboxylic acids is 3. The Morgan fingerprint density at radius 3 is 2.21 bits per heavy atom. The van der Waals surface area contributed by atoms with E-state index in [-0.39, 0.29) is 5.78 Å². The summed E-state index contributed by atoms with van der Waals surface area (Å²) in [7, 11) is 3.06. The van der Waals surface area contributed by atoms with E-state index in [0.29, 0.717) is 28.3 Å². The molecule has 1 N–H and O–H groups in total. The van der Waals surface area contributed by atoms with Crippen LogP contribution < -0.4 is 14.8 Å². The number of para-hydroxylation sites is 1. The van der Waals surface area contributed by atoms with Crippen LogP contribution in [0.3, 0.4) is 0 Å². The van der Waals surface area contributed by atoms with Gasteiger partial charge in [-0.05, 0) is 49.8 Å². The molecule has 2 rings (SSSR count). The fourth-order valence-corrected chi connectivity index (χ4v) is 2.49. The number of Topliss-reactive ketones (excluding diaryl/α,β-unsaturated/α-hetero) is 1. The van der Waals surface area contributed by atoms with Gasteiger partial charge in [-0.3, -0.25) is 9.59 Å². The standard InChI is InChI=1S/C22H23NO6/c1-14(24)19-7-5-6-8-20(19)23-22(26)15(2)29-21(25)10-9-16-11-17(27-3)13-18(12-16)28-4/h5-13,15H,1-4H3,(H,23,26)/b10-9+/t15-/m1/s1. The quantitative estimate of drug-likeness (QED) is 0.417. The smallest absolute Gasteiger partial charge is 0.331 e. The van der Waals surface area contributed by atoms with E-state index in [9.17, 15) is 14.4 Å². The van der Waals surface area contributed by atoms with Gasteiger partial charge in [0, 0.05) is 17.7 Å². The van der Waals surface area contributed by atoms with Crippen LogP contribution in [-0.4, -0.2) is 38.0 Å².